The van der Waals surface area contributed by atoms with Gasteiger partial charge in [0.2, 0.25) is 0 Å². The molecule has 5 nitrogen and oxygen atoms in total. The molecule has 1 aliphatic rings. The predicted octanol–water partition coefficient (Wildman–Crippen LogP) is 4.36. The highest BCUT2D eigenvalue weighted by atomic mass is 35.5. The first-order chi connectivity index (χ1) is 13.4. The van der Waals surface area contributed by atoms with Gasteiger partial charge >= 0.3 is 5.97 Å². The van der Waals surface area contributed by atoms with E-state index in [1.165, 1.54) is 30.2 Å². The lowest BCUT2D eigenvalue weighted by Crippen LogP contribution is -2.24. The summed E-state index contributed by atoms with van der Waals surface area (Å²) in [5, 5.41) is -0.120. The summed E-state index contributed by atoms with van der Waals surface area (Å²) in [4.78, 5) is 26.8. The molecule has 0 spiro atoms. The Balaban J connectivity index is 2.11. The van der Waals surface area contributed by atoms with Gasteiger partial charge in [-0.1, -0.05) is 23.7 Å². The fourth-order valence-electron chi connectivity index (χ4n) is 2.98. The first kappa shape index (κ1) is 19.6. The number of benzene rings is 2. The molecular weight excluding hydrogens is 385 g/mol. The Hall–Kier alpha value is -3.12. The maximum Gasteiger partial charge on any atom is 0.340 e. The standard InChI is InChI=1S/C21H17ClFNO4/c1-12-19(21(26)28-3)16(10-13-4-7-15(27-2)8-5-13)20(25)24(12)14-6-9-18(23)17(22)11-14/h4-11H,1-3H3/b16-10-. The number of hydrogen-bond acceptors (Lipinski definition) is 4. The zero-order valence-electron chi connectivity index (χ0n) is 15.5. The number of carbonyl (C=O) groups is 2. The molecule has 0 saturated heterocycles. The normalized spacial score (nSPS) is 15.4. The molecule has 7 heteroatoms. The van der Waals surface area contributed by atoms with Crippen molar-refractivity contribution in [2.24, 2.45) is 0 Å². The number of carbonyl (C=O) groups excluding carboxylic acids is 2. The van der Waals surface area contributed by atoms with Crippen molar-refractivity contribution in [1.29, 1.82) is 0 Å². The number of halogens is 2. The van der Waals surface area contributed by atoms with Gasteiger partial charge in [0.05, 0.1) is 36.1 Å². The molecule has 0 atom stereocenters. The van der Waals surface area contributed by atoms with Gasteiger partial charge in [-0.15, -0.1) is 0 Å². The molecule has 1 heterocycles. The molecule has 144 valence electrons. The summed E-state index contributed by atoms with van der Waals surface area (Å²) < 4.78 is 23.5. The van der Waals surface area contributed by atoms with E-state index in [9.17, 15) is 14.0 Å². The fraction of sp³-hybridized carbons (Fsp3) is 0.143. The number of amides is 1. The van der Waals surface area contributed by atoms with Crippen LogP contribution in [0.1, 0.15) is 12.5 Å². The average Bonchev–Trinajstić information content (AvgIpc) is 2.94. The third kappa shape index (κ3) is 3.51. The molecule has 0 saturated carbocycles. The van der Waals surface area contributed by atoms with Crippen LogP contribution in [0.2, 0.25) is 5.02 Å². The monoisotopic (exact) mass is 401 g/mol. The van der Waals surface area contributed by atoms with Crippen LogP contribution < -0.4 is 9.64 Å². The molecule has 0 radical (unpaired) electrons. The van der Waals surface area contributed by atoms with Crippen molar-refractivity contribution in [2.75, 3.05) is 19.1 Å². The van der Waals surface area contributed by atoms with Crippen LogP contribution in [0.4, 0.5) is 10.1 Å². The molecule has 28 heavy (non-hydrogen) atoms. The lowest BCUT2D eigenvalue weighted by atomic mass is 10.0. The van der Waals surface area contributed by atoms with Crippen molar-refractivity contribution in [3.63, 3.8) is 0 Å². The molecule has 2 aromatic carbocycles. The second-order valence-electron chi connectivity index (χ2n) is 6.02. The maximum atomic E-state index is 13.5. The molecule has 0 fully saturated rings. The number of nitrogens with zero attached hydrogens (tertiary/aromatic N) is 1. The summed E-state index contributed by atoms with van der Waals surface area (Å²) in [6.45, 7) is 1.62. The number of rotatable bonds is 4. The maximum absolute atomic E-state index is 13.5. The first-order valence-corrected chi connectivity index (χ1v) is 8.70. The Morgan fingerprint density at radius 3 is 2.39 bits per heavy atom. The van der Waals surface area contributed by atoms with E-state index < -0.39 is 17.7 Å². The topological polar surface area (TPSA) is 55.8 Å². The minimum atomic E-state index is -0.638. The summed E-state index contributed by atoms with van der Waals surface area (Å²) in [6.07, 6.45) is 1.60. The summed E-state index contributed by atoms with van der Waals surface area (Å²) in [6, 6.07) is 11.0. The third-order valence-electron chi connectivity index (χ3n) is 4.38. The van der Waals surface area contributed by atoms with Gasteiger partial charge in [0, 0.05) is 5.70 Å². The van der Waals surface area contributed by atoms with E-state index in [1.54, 1.807) is 44.4 Å². The highest BCUT2D eigenvalue weighted by Crippen LogP contribution is 2.36. The number of methoxy groups -OCH3 is 2. The van der Waals surface area contributed by atoms with Gasteiger partial charge in [-0.2, -0.15) is 0 Å². The molecule has 0 unspecified atom stereocenters. The lowest BCUT2D eigenvalue weighted by Gasteiger charge is -2.18. The summed E-state index contributed by atoms with van der Waals surface area (Å²) in [5.41, 5.74) is 1.75. The quantitative estimate of drug-likeness (QED) is 0.564. The summed E-state index contributed by atoms with van der Waals surface area (Å²) >= 11 is 5.86. The van der Waals surface area contributed by atoms with Gasteiger partial charge in [0.25, 0.3) is 5.91 Å². The first-order valence-electron chi connectivity index (χ1n) is 8.32. The molecule has 3 rings (SSSR count). The van der Waals surface area contributed by atoms with Crippen LogP contribution in [-0.4, -0.2) is 26.1 Å². The molecular formula is C21H17ClFNO4. The van der Waals surface area contributed by atoms with Gasteiger partial charge in [-0.05, 0) is 48.9 Å². The van der Waals surface area contributed by atoms with Gasteiger partial charge in [0.1, 0.15) is 11.6 Å². The predicted molar refractivity (Wildman–Crippen MR) is 105 cm³/mol. The second-order valence-corrected chi connectivity index (χ2v) is 6.43. The largest absolute Gasteiger partial charge is 0.497 e. The van der Waals surface area contributed by atoms with Gasteiger partial charge in [-0.3, -0.25) is 9.69 Å². The van der Waals surface area contributed by atoms with E-state index in [0.717, 1.165) is 0 Å². The van der Waals surface area contributed by atoms with Crippen LogP contribution in [0.25, 0.3) is 6.08 Å². The fourth-order valence-corrected chi connectivity index (χ4v) is 3.16. The zero-order chi connectivity index (χ0) is 20.4. The van der Waals surface area contributed by atoms with Crippen molar-refractivity contribution in [3.05, 3.63) is 75.7 Å². The molecule has 1 amide bonds. The van der Waals surface area contributed by atoms with Crippen LogP contribution in [0.15, 0.2) is 59.3 Å². The van der Waals surface area contributed by atoms with Crippen LogP contribution in [-0.2, 0) is 14.3 Å². The summed E-state index contributed by atoms with van der Waals surface area (Å²) in [7, 11) is 2.80. The summed E-state index contributed by atoms with van der Waals surface area (Å²) in [5.74, 6) is -0.999. The molecule has 0 aromatic heterocycles. The van der Waals surface area contributed by atoms with Gasteiger partial charge < -0.3 is 9.47 Å². The van der Waals surface area contributed by atoms with Gasteiger partial charge in [0.15, 0.2) is 0 Å². The van der Waals surface area contributed by atoms with Crippen molar-refractivity contribution in [3.8, 4) is 5.75 Å². The van der Waals surface area contributed by atoms with Crippen molar-refractivity contribution < 1.29 is 23.5 Å². The van der Waals surface area contributed by atoms with Gasteiger partial charge in [-0.25, -0.2) is 9.18 Å². The van der Waals surface area contributed by atoms with E-state index in [-0.39, 0.29) is 16.2 Å². The van der Waals surface area contributed by atoms with Crippen LogP contribution in [0.5, 0.6) is 5.75 Å². The van der Waals surface area contributed by atoms with Crippen LogP contribution >= 0.6 is 11.6 Å². The van der Waals surface area contributed by atoms with E-state index in [2.05, 4.69) is 0 Å². The average molecular weight is 402 g/mol. The number of esters is 1. The van der Waals surface area contributed by atoms with Crippen molar-refractivity contribution >= 4 is 35.2 Å². The minimum absolute atomic E-state index is 0.120. The van der Waals surface area contributed by atoms with E-state index in [4.69, 9.17) is 21.1 Å². The Kier molecular flexibility index (Phi) is 5.51. The Bertz CT molecular complexity index is 1010. The lowest BCUT2D eigenvalue weighted by molar-refractivity contribution is -0.136. The molecule has 0 N–H and O–H groups in total. The molecule has 0 bridgehead atoms. The van der Waals surface area contributed by atoms with Crippen LogP contribution in [0, 0.1) is 5.82 Å². The van der Waals surface area contributed by atoms with E-state index >= 15 is 0 Å². The van der Waals surface area contributed by atoms with Crippen molar-refractivity contribution in [1.82, 2.24) is 0 Å². The third-order valence-corrected chi connectivity index (χ3v) is 4.67. The van der Waals surface area contributed by atoms with Crippen LogP contribution in [0.3, 0.4) is 0 Å². The molecule has 0 aliphatic carbocycles. The molecule has 2 aromatic rings. The van der Waals surface area contributed by atoms with E-state index in [0.29, 0.717) is 22.7 Å². The Labute approximate surface area is 166 Å². The molecule has 1 aliphatic heterocycles. The van der Waals surface area contributed by atoms with Crippen molar-refractivity contribution in [2.45, 2.75) is 6.92 Å². The second kappa shape index (κ2) is 7.86. The number of allylic oxidation sites excluding steroid dienone is 1. The number of ether oxygens (including phenoxy) is 2. The van der Waals surface area contributed by atoms with E-state index in [1.807, 2.05) is 0 Å². The zero-order valence-corrected chi connectivity index (χ0v) is 16.2. The Morgan fingerprint density at radius 1 is 1.14 bits per heavy atom. The smallest absolute Gasteiger partial charge is 0.340 e. The highest BCUT2D eigenvalue weighted by Gasteiger charge is 2.38. The SMILES string of the molecule is COC(=O)C1=C(C)N(c2ccc(F)c(Cl)c2)C(=O)/C1=C\c1ccc(OC)cc1. The number of anilines is 1. The Morgan fingerprint density at radius 2 is 1.82 bits per heavy atom. The minimum Gasteiger partial charge on any atom is -0.497 e. The highest BCUT2D eigenvalue weighted by molar-refractivity contribution is 6.31. The number of hydrogen-bond donors (Lipinski definition) is 0.